The van der Waals surface area contributed by atoms with Gasteiger partial charge in [0.25, 0.3) is 0 Å². The van der Waals surface area contributed by atoms with Crippen LogP contribution in [-0.4, -0.2) is 12.5 Å². The zero-order valence-electron chi connectivity index (χ0n) is 17.5. The molecule has 0 radical (unpaired) electrons. The molecular weight excluding hydrogens is 334 g/mol. The minimum absolute atomic E-state index is 0.0986. The Kier molecular flexibility index (Phi) is 13.2. The molecule has 1 aromatic rings. The zero-order valence-corrected chi connectivity index (χ0v) is 17.5. The summed E-state index contributed by atoms with van der Waals surface area (Å²) >= 11 is 0. The fourth-order valence-corrected chi connectivity index (χ4v) is 3.01. The number of benzene rings is 1. The molecule has 0 spiro atoms. The van der Waals surface area contributed by atoms with E-state index in [0.717, 1.165) is 29.9 Å². The predicted octanol–water partition coefficient (Wildman–Crippen LogP) is 7.28. The molecule has 0 heterocycles. The highest BCUT2D eigenvalue weighted by Gasteiger charge is 2.03. The Morgan fingerprint density at radius 2 is 1.41 bits per heavy atom. The van der Waals surface area contributed by atoms with Gasteiger partial charge in [0.2, 0.25) is 5.91 Å². The standard InChI is InChI=1S/C24H39NO2/c1-4-5-6-7-8-9-10-11-12-13-14-15-24(26)25-22-16-18-23(19-17-22)27-20-21(2)3/h16-19H,2,4-15,20H2,1,3H3,(H,25,26). The Labute approximate surface area is 166 Å². The lowest BCUT2D eigenvalue weighted by Gasteiger charge is -2.08. The Morgan fingerprint density at radius 3 is 1.93 bits per heavy atom. The summed E-state index contributed by atoms with van der Waals surface area (Å²) in [6, 6.07) is 7.51. The monoisotopic (exact) mass is 373 g/mol. The van der Waals surface area contributed by atoms with Gasteiger partial charge in [-0.1, -0.05) is 77.7 Å². The maximum Gasteiger partial charge on any atom is 0.224 e. The average Bonchev–Trinajstić information content (AvgIpc) is 2.65. The quantitative estimate of drug-likeness (QED) is 0.244. The van der Waals surface area contributed by atoms with Crippen LogP contribution in [0.25, 0.3) is 0 Å². The molecule has 0 saturated carbocycles. The van der Waals surface area contributed by atoms with Crippen molar-refractivity contribution in [3.8, 4) is 5.75 Å². The molecular formula is C24H39NO2. The molecule has 3 nitrogen and oxygen atoms in total. The number of hydrogen-bond acceptors (Lipinski definition) is 2. The average molecular weight is 374 g/mol. The van der Waals surface area contributed by atoms with Gasteiger partial charge in [-0.25, -0.2) is 0 Å². The molecule has 0 saturated heterocycles. The highest BCUT2D eigenvalue weighted by Crippen LogP contribution is 2.17. The number of rotatable bonds is 16. The second kappa shape index (κ2) is 15.3. The lowest BCUT2D eigenvalue weighted by Crippen LogP contribution is -2.11. The minimum atomic E-state index is 0.0986. The molecule has 0 aliphatic rings. The van der Waals surface area contributed by atoms with Crippen LogP contribution in [0.5, 0.6) is 5.75 Å². The fraction of sp³-hybridized carbons (Fsp3) is 0.625. The normalized spacial score (nSPS) is 10.6. The zero-order chi connectivity index (χ0) is 19.7. The van der Waals surface area contributed by atoms with Gasteiger partial charge in [-0.2, -0.15) is 0 Å². The van der Waals surface area contributed by atoms with Crippen molar-refractivity contribution in [2.75, 3.05) is 11.9 Å². The van der Waals surface area contributed by atoms with Crippen LogP contribution in [0.15, 0.2) is 36.4 Å². The first kappa shape index (κ1) is 23.3. The first-order valence-corrected chi connectivity index (χ1v) is 10.8. The van der Waals surface area contributed by atoms with Gasteiger partial charge >= 0.3 is 0 Å². The number of hydrogen-bond donors (Lipinski definition) is 1. The summed E-state index contributed by atoms with van der Waals surface area (Å²) in [4.78, 5) is 12.0. The van der Waals surface area contributed by atoms with E-state index in [1.165, 1.54) is 57.8 Å². The molecule has 1 N–H and O–H groups in total. The van der Waals surface area contributed by atoms with Gasteiger partial charge in [-0.3, -0.25) is 4.79 Å². The van der Waals surface area contributed by atoms with Gasteiger partial charge in [0.15, 0.2) is 0 Å². The predicted molar refractivity (Wildman–Crippen MR) is 116 cm³/mol. The largest absolute Gasteiger partial charge is 0.489 e. The van der Waals surface area contributed by atoms with Crippen LogP contribution in [0.2, 0.25) is 0 Å². The van der Waals surface area contributed by atoms with E-state index in [2.05, 4.69) is 18.8 Å². The van der Waals surface area contributed by atoms with Crippen LogP contribution in [0.4, 0.5) is 5.69 Å². The second-order valence-electron chi connectivity index (χ2n) is 7.60. The topological polar surface area (TPSA) is 38.3 Å². The van der Waals surface area contributed by atoms with Crippen molar-refractivity contribution in [3.05, 3.63) is 36.4 Å². The van der Waals surface area contributed by atoms with E-state index in [-0.39, 0.29) is 5.91 Å². The molecule has 152 valence electrons. The Bertz CT molecular complexity index is 522. The smallest absolute Gasteiger partial charge is 0.224 e. The molecule has 3 heteroatoms. The highest BCUT2D eigenvalue weighted by molar-refractivity contribution is 5.90. The summed E-state index contributed by atoms with van der Waals surface area (Å²) in [5, 5.41) is 2.96. The SMILES string of the molecule is C=C(C)COc1ccc(NC(=O)CCCCCCCCCCCCC)cc1. The Hall–Kier alpha value is -1.77. The number of unbranched alkanes of at least 4 members (excludes halogenated alkanes) is 10. The van der Waals surface area contributed by atoms with E-state index in [9.17, 15) is 4.79 Å². The van der Waals surface area contributed by atoms with Gasteiger partial charge in [0.1, 0.15) is 12.4 Å². The Balaban J connectivity index is 2.01. The van der Waals surface area contributed by atoms with Gasteiger partial charge in [-0.15, -0.1) is 0 Å². The molecule has 0 bridgehead atoms. The van der Waals surface area contributed by atoms with Crippen LogP contribution >= 0.6 is 0 Å². The molecule has 0 fully saturated rings. The summed E-state index contributed by atoms with van der Waals surface area (Å²) in [6.45, 7) is 8.53. The third kappa shape index (κ3) is 13.1. The van der Waals surface area contributed by atoms with Crippen molar-refractivity contribution in [3.63, 3.8) is 0 Å². The van der Waals surface area contributed by atoms with Gasteiger partial charge in [-0.05, 0) is 43.2 Å². The summed E-state index contributed by atoms with van der Waals surface area (Å²) in [6.07, 6.45) is 14.9. The third-order valence-corrected chi connectivity index (χ3v) is 4.63. The summed E-state index contributed by atoms with van der Waals surface area (Å²) in [5.41, 5.74) is 1.81. The molecule has 1 rings (SSSR count). The molecule has 0 aromatic heterocycles. The van der Waals surface area contributed by atoms with E-state index in [0.29, 0.717) is 13.0 Å². The molecule has 0 aliphatic heterocycles. The lowest BCUT2D eigenvalue weighted by atomic mass is 10.1. The second-order valence-corrected chi connectivity index (χ2v) is 7.60. The van der Waals surface area contributed by atoms with Crippen molar-refractivity contribution < 1.29 is 9.53 Å². The van der Waals surface area contributed by atoms with Crippen molar-refractivity contribution >= 4 is 11.6 Å². The number of carbonyl (C=O) groups excluding carboxylic acids is 1. The van der Waals surface area contributed by atoms with Crippen LogP contribution in [0.1, 0.15) is 90.9 Å². The van der Waals surface area contributed by atoms with Crippen LogP contribution in [0.3, 0.4) is 0 Å². The van der Waals surface area contributed by atoms with E-state index in [1.807, 2.05) is 31.2 Å². The van der Waals surface area contributed by atoms with E-state index < -0.39 is 0 Å². The molecule has 0 atom stereocenters. The third-order valence-electron chi connectivity index (χ3n) is 4.63. The first-order valence-electron chi connectivity index (χ1n) is 10.8. The minimum Gasteiger partial charge on any atom is -0.489 e. The lowest BCUT2D eigenvalue weighted by molar-refractivity contribution is -0.116. The summed E-state index contributed by atoms with van der Waals surface area (Å²) in [5.74, 6) is 0.892. The number of carbonyl (C=O) groups is 1. The Morgan fingerprint density at radius 1 is 0.889 bits per heavy atom. The van der Waals surface area contributed by atoms with E-state index >= 15 is 0 Å². The number of nitrogens with one attached hydrogen (secondary N) is 1. The van der Waals surface area contributed by atoms with Crippen LogP contribution in [-0.2, 0) is 4.79 Å². The van der Waals surface area contributed by atoms with Gasteiger partial charge < -0.3 is 10.1 Å². The first-order chi connectivity index (χ1) is 13.1. The van der Waals surface area contributed by atoms with Crippen molar-refractivity contribution in [2.24, 2.45) is 0 Å². The van der Waals surface area contributed by atoms with Crippen molar-refractivity contribution in [2.45, 2.75) is 90.9 Å². The van der Waals surface area contributed by atoms with E-state index in [4.69, 9.17) is 4.74 Å². The number of ether oxygens (including phenoxy) is 1. The summed E-state index contributed by atoms with van der Waals surface area (Å²) in [7, 11) is 0. The highest BCUT2D eigenvalue weighted by atomic mass is 16.5. The molecule has 0 aliphatic carbocycles. The van der Waals surface area contributed by atoms with Gasteiger partial charge in [0.05, 0.1) is 0 Å². The fourth-order valence-electron chi connectivity index (χ4n) is 3.01. The van der Waals surface area contributed by atoms with Gasteiger partial charge in [0, 0.05) is 12.1 Å². The molecule has 1 amide bonds. The molecule has 1 aromatic carbocycles. The van der Waals surface area contributed by atoms with Crippen molar-refractivity contribution in [1.29, 1.82) is 0 Å². The van der Waals surface area contributed by atoms with E-state index in [1.54, 1.807) is 0 Å². The van der Waals surface area contributed by atoms with Crippen molar-refractivity contribution in [1.82, 2.24) is 0 Å². The maximum absolute atomic E-state index is 12.0. The maximum atomic E-state index is 12.0. The molecule has 27 heavy (non-hydrogen) atoms. The molecule has 0 unspecified atom stereocenters. The van der Waals surface area contributed by atoms with Crippen LogP contribution in [0, 0.1) is 0 Å². The van der Waals surface area contributed by atoms with Crippen LogP contribution < -0.4 is 10.1 Å². The number of amides is 1. The summed E-state index contributed by atoms with van der Waals surface area (Å²) < 4.78 is 5.56. The number of anilines is 1.